The second kappa shape index (κ2) is 4.57. The minimum atomic E-state index is -0.629. The van der Waals surface area contributed by atoms with Crippen LogP contribution in [0.5, 0.6) is 0 Å². The average molecular weight is 187 g/mol. The highest BCUT2D eigenvalue weighted by atomic mass is 16.1. The zero-order valence-electron chi connectivity index (χ0n) is 8.40. The summed E-state index contributed by atoms with van der Waals surface area (Å²) in [6.07, 6.45) is 0.671. The fourth-order valence-corrected chi connectivity index (χ4v) is 1.27. The Morgan fingerprint density at radius 1 is 1.21 bits per heavy atom. The standard InChI is InChI=1S/C12H13NO/c1-9(2)10-3-5-11(6-4-10)12(7-13)8-14/h3-6,8-9,12H,1-2H3. The summed E-state index contributed by atoms with van der Waals surface area (Å²) in [5.74, 6) is -0.156. The molecule has 2 nitrogen and oxygen atoms in total. The molecule has 72 valence electrons. The maximum Gasteiger partial charge on any atom is 0.141 e. The fourth-order valence-electron chi connectivity index (χ4n) is 1.27. The molecule has 0 fully saturated rings. The molecule has 1 aromatic rings. The van der Waals surface area contributed by atoms with Gasteiger partial charge >= 0.3 is 0 Å². The Bertz CT molecular complexity index is 346. The van der Waals surface area contributed by atoms with Gasteiger partial charge in [-0.3, -0.25) is 0 Å². The van der Waals surface area contributed by atoms with Crippen molar-refractivity contribution in [3.63, 3.8) is 0 Å². The molecular weight excluding hydrogens is 174 g/mol. The van der Waals surface area contributed by atoms with E-state index in [4.69, 9.17) is 5.26 Å². The van der Waals surface area contributed by atoms with Crippen molar-refractivity contribution in [2.24, 2.45) is 0 Å². The molecule has 0 heterocycles. The third-order valence-corrected chi connectivity index (χ3v) is 2.24. The van der Waals surface area contributed by atoms with Crippen molar-refractivity contribution >= 4 is 6.29 Å². The Hall–Kier alpha value is -1.62. The summed E-state index contributed by atoms with van der Waals surface area (Å²) in [6.45, 7) is 4.22. The number of rotatable bonds is 3. The van der Waals surface area contributed by atoms with Crippen LogP contribution in [0.15, 0.2) is 24.3 Å². The van der Waals surface area contributed by atoms with E-state index in [-0.39, 0.29) is 0 Å². The van der Waals surface area contributed by atoms with E-state index in [9.17, 15) is 4.79 Å². The molecule has 1 rings (SSSR count). The summed E-state index contributed by atoms with van der Waals surface area (Å²) in [5, 5.41) is 8.68. The van der Waals surface area contributed by atoms with Crippen LogP contribution in [0, 0.1) is 11.3 Å². The molecule has 0 amide bonds. The molecule has 2 heteroatoms. The minimum Gasteiger partial charge on any atom is -0.302 e. The Kier molecular flexibility index (Phi) is 3.41. The zero-order valence-corrected chi connectivity index (χ0v) is 8.40. The van der Waals surface area contributed by atoms with E-state index in [2.05, 4.69) is 13.8 Å². The Morgan fingerprint density at radius 3 is 2.07 bits per heavy atom. The average Bonchev–Trinajstić information content (AvgIpc) is 2.20. The minimum absolute atomic E-state index is 0.473. The van der Waals surface area contributed by atoms with Gasteiger partial charge in [0.1, 0.15) is 12.2 Å². The number of carbonyl (C=O) groups excluding carboxylic acids is 1. The third-order valence-electron chi connectivity index (χ3n) is 2.24. The van der Waals surface area contributed by atoms with Gasteiger partial charge in [-0.1, -0.05) is 38.1 Å². The van der Waals surface area contributed by atoms with Crippen LogP contribution < -0.4 is 0 Å². The largest absolute Gasteiger partial charge is 0.302 e. The van der Waals surface area contributed by atoms with E-state index < -0.39 is 5.92 Å². The van der Waals surface area contributed by atoms with Gasteiger partial charge in [0, 0.05) is 0 Å². The zero-order chi connectivity index (χ0) is 10.6. The normalized spacial score (nSPS) is 12.1. The number of hydrogen-bond donors (Lipinski definition) is 0. The number of aldehydes is 1. The quantitative estimate of drug-likeness (QED) is 0.682. The SMILES string of the molecule is CC(C)c1ccc(C(C#N)C=O)cc1. The molecule has 0 aliphatic rings. The van der Waals surface area contributed by atoms with Crippen LogP contribution in [-0.2, 0) is 4.79 Å². The maximum atomic E-state index is 10.5. The van der Waals surface area contributed by atoms with Crippen molar-refractivity contribution in [2.45, 2.75) is 25.7 Å². The topological polar surface area (TPSA) is 40.9 Å². The van der Waals surface area contributed by atoms with Crippen molar-refractivity contribution in [2.75, 3.05) is 0 Å². The molecular formula is C12H13NO. The predicted octanol–water partition coefficient (Wildman–Crippen LogP) is 2.62. The monoisotopic (exact) mass is 187 g/mol. The first-order chi connectivity index (χ1) is 6.69. The molecule has 14 heavy (non-hydrogen) atoms. The van der Waals surface area contributed by atoms with Crippen molar-refractivity contribution in [3.05, 3.63) is 35.4 Å². The van der Waals surface area contributed by atoms with E-state index in [0.717, 1.165) is 5.56 Å². The summed E-state index contributed by atoms with van der Waals surface area (Å²) < 4.78 is 0. The molecule has 1 atom stereocenters. The molecule has 0 saturated carbocycles. The number of nitrogens with zero attached hydrogens (tertiary/aromatic N) is 1. The van der Waals surface area contributed by atoms with Crippen molar-refractivity contribution in [3.8, 4) is 6.07 Å². The molecule has 0 saturated heterocycles. The molecule has 0 bridgehead atoms. The second-order valence-electron chi connectivity index (χ2n) is 3.56. The highest BCUT2D eigenvalue weighted by Crippen LogP contribution is 2.18. The summed E-state index contributed by atoms with van der Waals surface area (Å²) in [7, 11) is 0. The lowest BCUT2D eigenvalue weighted by Gasteiger charge is -2.06. The van der Waals surface area contributed by atoms with Crippen LogP contribution in [-0.4, -0.2) is 6.29 Å². The highest BCUT2D eigenvalue weighted by molar-refractivity contribution is 5.66. The molecule has 0 aliphatic heterocycles. The lowest BCUT2D eigenvalue weighted by atomic mass is 9.97. The predicted molar refractivity (Wildman–Crippen MR) is 54.9 cm³/mol. The van der Waals surface area contributed by atoms with Crippen molar-refractivity contribution < 1.29 is 4.79 Å². The van der Waals surface area contributed by atoms with Gasteiger partial charge in [-0.2, -0.15) is 5.26 Å². The number of nitriles is 1. The van der Waals surface area contributed by atoms with Gasteiger partial charge in [0.2, 0.25) is 0 Å². The van der Waals surface area contributed by atoms with Crippen LogP contribution in [0.2, 0.25) is 0 Å². The Balaban J connectivity index is 2.94. The number of hydrogen-bond acceptors (Lipinski definition) is 2. The molecule has 1 aromatic carbocycles. The first kappa shape index (κ1) is 10.5. The second-order valence-corrected chi connectivity index (χ2v) is 3.56. The first-order valence-corrected chi connectivity index (χ1v) is 4.63. The smallest absolute Gasteiger partial charge is 0.141 e. The highest BCUT2D eigenvalue weighted by Gasteiger charge is 2.08. The molecule has 0 aliphatic carbocycles. The van der Waals surface area contributed by atoms with Gasteiger partial charge in [-0.15, -0.1) is 0 Å². The summed E-state index contributed by atoms with van der Waals surface area (Å²) in [6, 6.07) is 9.57. The van der Waals surface area contributed by atoms with Crippen molar-refractivity contribution in [1.82, 2.24) is 0 Å². The molecule has 0 N–H and O–H groups in total. The summed E-state index contributed by atoms with van der Waals surface area (Å²) in [5.41, 5.74) is 1.99. The number of carbonyl (C=O) groups is 1. The van der Waals surface area contributed by atoms with Gasteiger partial charge in [-0.05, 0) is 17.0 Å². The van der Waals surface area contributed by atoms with Crippen LogP contribution in [0.4, 0.5) is 0 Å². The Morgan fingerprint density at radius 2 is 1.71 bits per heavy atom. The van der Waals surface area contributed by atoms with Crippen LogP contribution >= 0.6 is 0 Å². The van der Waals surface area contributed by atoms with Crippen LogP contribution in [0.3, 0.4) is 0 Å². The van der Waals surface area contributed by atoms with Crippen LogP contribution in [0.25, 0.3) is 0 Å². The van der Waals surface area contributed by atoms with E-state index in [1.165, 1.54) is 5.56 Å². The molecule has 1 unspecified atom stereocenters. The van der Waals surface area contributed by atoms with E-state index in [1.54, 1.807) is 0 Å². The van der Waals surface area contributed by atoms with Gasteiger partial charge in [0.15, 0.2) is 0 Å². The summed E-state index contributed by atoms with van der Waals surface area (Å²) >= 11 is 0. The van der Waals surface area contributed by atoms with Gasteiger partial charge in [0.25, 0.3) is 0 Å². The molecule has 0 spiro atoms. The van der Waals surface area contributed by atoms with Gasteiger partial charge < -0.3 is 4.79 Å². The van der Waals surface area contributed by atoms with E-state index in [0.29, 0.717) is 12.2 Å². The molecule has 0 radical (unpaired) electrons. The van der Waals surface area contributed by atoms with Gasteiger partial charge in [-0.25, -0.2) is 0 Å². The Labute approximate surface area is 84.2 Å². The molecule has 0 aromatic heterocycles. The maximum absolute atomic E-state index is 10.5. The van der Waals surface area contributed by atoms with E-state index >= 15 is 0 Å². The number of benzene rings is 1. The van der Waals surface area contributed by atoms with Gasteiger partial charge in [0.05, 0.1) is 6.07 Å². The third kappa shape index (κ3) is 2.20. The van der Waals surface area contributed by atoms with Crippen LogP contribution in [0.1, 0.15) is 36.8 Å². The summed E-state index contributed by atoms with van der Waals surface area (Å²) in [4.78, 5) is 10.5. The van der Waals surface area contributed by atoms with E-state index in [1.807, 2.05) is 30.3 Å². The fraction of sp³-hybridized carbons (Fsp3) is 0.333. The lowest BCUT2D eigenvalue weighted by Crippen LogP contribution is -1.97. The first-order valence-electron chi connectivity index (χ1n) is 4.63. The van der Waals surface area contributed by atoms with Crippen molar-refractivity contribution in [1.29, 1.82) is 5.26 Å². The lowest BCUT2D eigenvalue weighted by molar-refractivity contribution is -0.108.